The Kier molecular flexibility index (Phi) is 39.5. The fraction of sp³-hybridized carbons (Fsp3) is 0.451. The van der Waals surface area contributed by atoms with Gasteiger partial charge in [-0.3, -0.25) is 9.36 Å². The first kappa shape index (κ1) is 101. The Balaban J connectivity index is 0.000000246. The van der Waals surface area contributed by atoms with E-state index in [1.807, 2.05) is 123 Å². The molecule has 0 spiro atoms. The van der Waals surface area contributed by atoms with E-state index in [-0.39, 0.29) is 35.1 Å². The first-order valence-corrected chi connectivity index (χ1v) is 47.3. The number of imidazole rings is 1. The number of nitrogens with zero attached hydrogens (tertiary/aromatic N) is 8. The Morgan fingerprint density at radius 3 is 1.77 bits per heavy atom. The Labute approximate surface area is 729 Å². The maximum Gasteiger partial charge on any atom is 0.410 e. The van der Waals surface area contributed by atoms with E-state index >= 15 is 0 Å². The van der Waals surface area contributed by atoms with Crippen LogP contribution in [-0.4, -0.2) is 74.5 Å². The molecule has 0 bridgehead atoms. The highest BCUT2D eigenvalue weighted by molar-refractivity contribution is 7.12. The number of aromatic nitrogens is 5. The number of aryl methyl sites for hydroxylation is 4. The van der Waals surface area contributed by atoms with Crippen molar-refractivity contribution in [2.75, 3.05) is 25.6 Å². The summed E-state index contributed by atoms with van der Waals surface area (Å²) in [7, 11) is 4.73. The van der Waals surface area contributed by atoms with Crippen LogP contribution in [0.3, 0.4) is 0 Å². The largest absolute Gasteiger partial charge is 0.497 e. The van der Waals surface area contributed by atoms with Crippen molar-refractivity contribution in [2.24, 2.45) is 25.9 Å². The van der Waals surface area contributed by atoms with E-state index in [1.165, 1.54) is 83.1 Å². The zero-order chi connectivity index (χ0) is 89.8. The van der Waals surface area contributed by atoms with Gasteiger partial charge in [-0.05, 0) is 217 Å². The molecule has 18 heteroatoms. The first-order chi connectivity index (χ1) is 56.1. The number of fused-ring (bicyclic) bond motifs is 4. The molecule has 0 saturated carbocycles. The normalized spacial score (nSPS) is 12.1. The third-order valence-corrected chi connectivity index (χ3v) is 23.9. The highest BCUT2D eigenvalue weighted by Gasteiger charge is 2.28. The Morgan fingerprint density at radius 2 is 1.23 bits per heavy atom. The fourth-order valence-electron chi connectivity index (χ4n) is 12.4. The number of amides is 2. The summed E-state index contributed by atoms with van der Waals surface area (Å²) < 4.78 is 35.8. The highest BCUT2D eigenvalue weighted by Crippen LogP contribution is 2.35. The van der Waals surface area contributed by atoms with Crippen molar-refractivity contribution in [1.82, 2.24) is 28.6 Å². The summed E-state index contributed by atoms with van der Waals surface area (Å²) in [5.41, 5.74) is 19.1. The molecule has 0 aliphatic carbocycles. The SMILES string of the molecule is CC(C)/C(F)=C/c1ccc(C#N)cc1.CC(C)c1cc2c(Cl)cccc2n1C.CC(C)c1cc2c(s1)CCN(C(=O)OC(C)(C)C)C2.CC(C)c1cc2ccc(C#N)cc2n1C.CC(C)c1ccc(C(C)(C)C)cc1.CC(C)c1cnc2c(c1)ncn2COCC[Si](C)(C)C.COc1cccc(NC(=O)C(C)C)c1.Cc1ccc(C(C)C)cc1C. The van der Waals surface area contributed by atoms with Crippen LogP contribution in [0.4, 0.5) is 14.9 Å². The molecule has 120 heavy (non-hydrogen) atoms. The van der Waals surface area contributed by atoms with Crippen LogP contribution in [0.2, 0.25) is 30.7 Å². The lowest BCUT2D eigenvalue weighted by Gasteiger charge is -2.29. The van der Waals surface area contributed by atoms with Gasteiger partial charge in [-0.15, -0.1) is 11.3 Å². The Morgan fingerprint density at radius 1 is 0.642 bits per heavy atom. The number of pyridine rings is 1. The van der Waals surface area contributed by atoms with Crippen LogP contribution in [0.15, 0.2) is 170 Å². The summed E-state index contributed by atoms with van der Waals surface area (Å²) in [6, 6.07) is 55.8. The second-order valence-electron chi connectivity index (χ2n) is 36.7. The number of nitriles is 2. The first-order valence-electron chi connectivity index (χ1n) is 42.4. The molecule has 14 nitrogen and oxygen atoms in total. The third-order valence-electron chi connectivity index (χ3n) is 20.3. The second kappa shape index (κ2) is 47.0. The van der Waals surface area contributed by atoms with Gasteiger partial charge < -0.3 is 33.6 Å². The number of thiophene rings is 1. The Hall–Kier alpha value is -9.62. The quantitative estimate of drug-likeness (QED) is 0.0732. The van der Waals surface area contributed by atoms with E-state index in [1.54, 1.807) is 51.3 Å². The molecular weight excluding hydrogens is 1550 g/mol. The molecule has 0 atom stereocenters. The maximum atomic E-state index is 13.2. The minimum absolute atomic E-state index is 0.0123. The zero-order valence-corrected chi connectivity index (χ0v) is 80.4. The van der Waals surface area contributed by atoms with Gasteiger partial charge in [0, 0.05) is 108 Å². The highest BCUT2D eigenvalue weighted by atomic mass is 35.5. The van der Waals surface area contributed by atoms with Gasteiger partial charge in [0.2, 0.25) is 5.91 Å². The number of hydrogen-bond acceptors (Lipinski definition) is 10. The van der Waals surface area contributed by atoms with Crippen LogP contribution in [0, 0.1) is 48.3 Å². The number of benzene rings is 6. The Bertz CT molecular complexity index is 5180. The molecule has 646 valence electrons. The van der Waals surface area contributed by atoms with Gasteiger partial charge in [-0.1, -0.05) is 236 Å². The molecule has 5 aromatic heterocycles. The van der Waals surface area contributed by atoms with Gasteiger partial charge in [0.1, 0.15) is 29.4 Å². The minimum atomic E-state index is -1.02. The molecule has 0 unspecified atom stereocenters. The van der Waals surface area contributed by atoms with Crippen LogP contribution in [0.25, 0.3) is 39.0 Å². The number of allylic oxidation sites excluding steroid dienone is 1. The van der Waals surface area contributed by atoms with Crippen LogP contribution >= 0.6 is 22.9 Å². The monoisotopic (exact) mass is 1680 g/mol. The van der Waals surface area contributed by atoms with Gasteiger partial charge in [-0.25, -0.2) is 19.2 Å². The molecule has 0 fully saturated rings. The molecule has 0 saturated heterocycles. The van der Waals surface area contributed by atoms with E-state index in [0.717, 1.165) is 69.2 Å². The van der Waals surface area contributed by atoms with Crippen molar-refractivity contribution < 1.29 is 28.2 Å². The third kappa shape index (κ3) is 32.4. The number of methoxy groups -OCH3 is 1. The topological polar surface area (TPSA) is 165 Å². The molecule has 1 N–H and O–H groups in total. The number of carbonyl (C=O) groups excluding carboxylic acids is 2. The lowest BCUT2D eigenvalue weighted by Crippen LogP contribution is -2.39. The van der Waals surface area contributed by atoms with Crippen molar-refractivity contribution in [3.8, 4) is 17.9 Å². The average Bonchev–Trinajstić information content (AvgIpc) is 1.66. The number of anilines is 1. The van der Waals surface area contributed by atoms with Crippen LogP contribution in [-0.2, 0) is 53.5 Å². The molecule has 12 rings (SSSR count). The summed E-state index contributed by atoms with van der Waals surface area (Å²) in [6.07, 6.45) is 6.00. The molecule has 2 amide bonds. The number of halogens is 2. The fourth-order valence-corrected chi connectivity index (χ4v) is 14.5. The van der Waals surface area contributed by atoms with Crippen LogP contribution in [0.5, 0.6) is 5.75 Å². The van der Waals surface area contributed by atoms with E-state index in [9.17, 15) is 14.0 Å². The van der Waals surface area contributed by atoms with Gasteiger partial charge >= 0.3 is 6.09 Å². The smallest absolute Gasteiger partial charge is 0.410 e. The molecule has 11 aromatic rings. The molecule has 6 aromatic carbocycles. The van der Waals surface area contributed by atoms with Crippen molar-refractivity contribution in [3.05, 3.63) is 252 Å². The summed E-state index contributed by atoms with van der Waals surface area (Å²) in [4.78, 5) is 37.0. The molecular formula is C102H139ClFN9O5SSi. The summed E-state index contributed by atoms with van der Waals surface area (Å²) in [6.45, 7) is 60.4. The van der Waals surface area contributed by atoms with Gasteiger partial charge in [0.15, 0.2) is 5.65 Å². The van der Waals surface area contributed by atoms with Crippen molar-refractivity contribution >= 4 is 87.7 Å². The van der Waals surface area contributed by atoms with Gasteiger partial charge in [0.25, 0.3) is 0 Å². The summed E-state index contributed by atoms with van der Waals surface area (Å²) in [5.74, 6) is 3.86. The van der Waals surface area contributed by atoms with Crippen LogP contribution < -0.4 is 10.1 Å². The molecule has 1 aliphatic rings. The number of nitrogens with one attached hydrogen (secondary N) is 1. The predicted molar refractivity (Wildman–Crippen MR) is 509 cm³/mol. The molecule has 1 aliphatic heterocycles. The molecule has 0 radical (unpaired) electrons. The number of carbonyl (C=O) groups is 2. The lowest BCUT2D eigenvalue weighted by atomic mass is 9.86. The van der Waals surface area contributed by atoms with Gasteiger partial charge in [0.05, 0.1) is 43.2 Å². The van der Waals surface area contributed by atoms with E-state index in [2.05, 4.69) is 255 Å². The van der Waals surface area contributed by atoms with E-state index < -0.39 is 13.7 Å². The molecule has 6 heterocycles. The van der Waals surface area contributed by atoms with Crippen molar-refractivity contribution in [3.63, 3.8) is 0 Å². The maximum absolute atomic E-state index is 13.2. The summed E-state index contributed by atoms with van der Waals surface area (Å²) >= 11 is 8.03. The lowest BCUT2D eigenvalue weighted by molar-refractivity contribution is -0.118. The van der Waals surface area contributed by atoms with Crippen molar-refractivity contribution in [1.29, 1.82) is 10.5 Å². The standard InChI is InChI=1S/C15H25N3OSi.C15H23NO2S.C13H14N2.C13H20.C12H14ClN.C12H12FN.C11H15NO2.C11H16/c1-12(2)13-8-14-15(16-9-13)18(10-17-14)11-19-6-7-20(3,4)5;1-10(2)13-8-11-9-16(7-6-12(11)19-13)14(17)18-15(3,4)5;1-9(2)12-7-11-5-4-10(8-14)6-13(11)15(12)3;1-10(2)11-6-8-12(9-7-11)13(3,4)5;1-8(2)12-7-9-10(13)5-4-6-11(9)14(12)3;1-9(2)12(13)7-10-3-5-11(8-14)6-4-10;1-8(2)11(13)12-9-5-4-6-10(7-9)14-3;1-8(2)11-6-5-9(3)10(4)7-11/h8-10,12H,6-7,11H2,1-5H3;8,10H,6-7,9H2,1-5H3;4-7,9H,1-3H3;6-10H,1-5H3;4-8H,1-3H3;3-7,9H,1-2H3;4-8H,1-3H3,(H,12,13);5-8H,1-4H3/b;;;;;12-7-;;. The zero-order valence-electron chi connectivity index (χ0n) is 77.8. The van der Waals surface area contributed by atoms with Gasteiger partial charge in [-0.2, -0.15) is 10.5 Å². The average molecular weight is 1690 g/mol. The second-order valence-corrected chi connectivity index (χ2v) is 43.9. The summed E-state index contributed by atoms with van der Waals surface area (Å²) in [5, 5.41) is 23.4. The van der Waals surface area contributed by atoms with Crippen molar-refractivity contribution in [2.45, 2.75) is 258 Å². The number of ether oxygens (including phenoxy) is 3. The van der Waals surface area contributed by atoms with E-state index in [0.29, 0.717) is 54.3 Å². The van der Waals surface area contributed by atoms with Crippen LogP contribution in [0.1, 0.15) is 265 Å². The predicted octanol–water partition coefficient (Wildman–Crippen LogP) is 28.5. The van der Waals surface area contributed by atoms with E-state index in [4.69, 9.17) is 36.3 Å². The number of rotatable bonds is 16. The minimum Gasteiger partial charge on any atom is -0.497 e. The number of hydrogen-bond donors (Lipinski definition) is 1.